The minimum Gasteiger partial charge on any atom is -0.235 e. The van der Waals surface area contributed by atoms with Gasteiger partial charge in [-0.05, 0) is 43.3 Å². The fourth-order valence-corrected chi connectivity index (χ4v) is 1.71. The molecular formula is C10H11FN4S. The van der Waals surface area contributed by atoms with Gasteiger partial charge < -0.3 is 0 Å². The van der Waals surface area contributed by atoms with Crippen LogP contribution in [-0.2, 0) is 0 Å². The Balaban J connectivity index is 2.42. The van der Waals surface area contributed by atoms with Crippen LogP contribution in [0.4, 0.5) is 4.39 Å². The maximum Gasteiger partial charge on any atom is 0.238 e. The molecule has 4 nitrogen and oxygen atoms in total. The van der Waals surface area contributed by atoms with Gasteiger partial charge in [-0.1, -0.05) is 22.4 Å². The summed E-state index contributed by atoms with van der Waals surface area (Å²) in [6, 6.07) is 5.00. The van der Waals surface area contributed by atoms with Crippen LogP contribution in [0.2, 0.25) is 0 Å². The van der Waals surface area contributed by atoms with Crippen molar-refractivity contribution in [3.05, 3.63) is 39.9 Å². The van der Waals surface area contributed by atoms with Crippen molar-refractivity contribution in [2.75, 3.05) is 0 Å². The predicted octanol–water partition coefficient (Wildman–Crippen LogP) is 2.39. The third-order valence-electron chi connectivity index (χ3n) is 2.56. The number of nitrogens with zero attached hydrogens (tertiary/aromatic N) is 3. The molecule has 84 valence electrons. The number of benzene rings is 1. The molecular weight excluding hydrogens is 227 g/mol. The molecule has 0 saturated heterocycles. The predicted molar refractivity (Wildman–Crippen MR) is 60.2 cm³/mol. The minimum absolute atomic E-state index is 0.113. The Labute approximate surface area is 97.1 Å². The van der Waals surface area contributed by atoms with Crippen molar-refractivity contribution in [2.45, 2.75) is 19.9 Å². The van der Waals surface area contributed by atoms with Crippen LogP contribution in [0.3, 0.4) is 0 Å². The molecule has 1 aromatic heterocycles. The van der Waals surface area contributed by atoms with Crippen LogP contribution in [0.1, 0.15) is 24.1 Å². The number of tetrazole rings is 1. The zero-order valence-electron chi connectivity index (χ0n) is 8.94. The number of aryl methyl sites for hydroxylation is 1. The topological polar surface area (TPSA) is 46.5 Å². The first-order chi connectivity index (χ1) is 7.59. The highest BCUT2D eigenvalue weighted by Crippen LogP contribution is 2.19. The van der Waals surface area contributed by atoms with Crippen molar-refractivity contribution < 1.29 is 4.39 Å². The van der Waals surface area contributed by atoms with Crippen LogP contribution in [0.15, 0.2) is 18.2 Å². The smallest absolute Gasteiger partial charge is 0.235 e. The summed E-state index contributed by atoms with van der Waals surface area (Å²) in [5, 5.41) is 9.95. The third kappa shape index (κ3) is 1.88. The lowest BCUT2D eigenvalue weighted by Gasteiger charge is -2.12. The monoisotopic (exact) mass is 238 g/mol. The summed E-state index contributed by atoms with van der Waals surface area (Å²) in [5.74, 6) is -0.219. The first kappa shape index (κ1) is 10.9. The highest BCUT2D eigenvalue weighted by molar-refractivity contribution is 7.71. The number of H-pyrrole nitrogens is 1. The van der Waals surface area contributed by atoms with Crippen LogP contribution in [0.25, 0.3) is 0 Å². The SMILES string of the molecule is Cc1ccc(C(C)n2[nH]nnc2=S)cc1F. The van der Waals surface area contributed by atoms with Crippen LogP contribution in [0.5, 0.6) is 0 Å². The van der Waals surface area contributed by atoms with Gasteiger partial charge >= 0.3 is 0 Å². The van der Waals surface area contributed by atoms with E-state index in [1.165, 1.54) is 6.07 Å². The minimum atomic E-state index is -0.219. The molecule has 1 heterocycles. The Hall–Kier alpha value is -1.56. The van der Waals surface area contributed by atoms with Gasteiger partial charge in [0.25, 0.3) is 0 Å². The van der Waals surface area contributed by atoms with Crippen molar-refractivity contribution in [3.63, 3.8) is 0 Å². The fourth-order valence-electron chi connectivity index (χ4n) is 1.47. The van der Waals surface area contributed by atoms with E-state index in [-0.39, 0.29) is 11.9 Å². The highest BCUT2D eigenvalue weighted by atomic mass is 32.1. The van der Waals surface area contributed by atoms with E-state index in [2.05, 4.69) is 15.5 Å². The first-order valence-corrected chi connectivity index (χ1v) is 5.26. The number of halogens is 1. The molecule has 0 amide bonds. The molecule has 0 fully saturated rings. The average molecular weight is 238 g/mol. The summed E-state index contributed by atoms with van der Waals surface area (Å²) in [4.78, 5) is 0. The molecule has 0 radical (unpaired) electrons. The van der Waals surface area contributed by atoms with Gasteiger partial charge in [0.1, 0.15) is 5.82 Å². The normalized spacial score (nSPS) is 12.7. The summed E-state index contributed by atoms with van der Waals surface area (Å²) < 4.78 is 15.4. The standard InChI is InChI=1S/C10H11FN4S/c1-6-3-4-8(5-9(6)11)7(2)15-10(16)12-13-14-15/h3-5,7H,1-2H3,(H,12,14,16). The van der Waals surface area contributed by atoms with Gasteiger partial charge in [0.05, 0.1) is 6.04 Å². The second-order valence-electron chi connectivity index (χ2n) is 3.64. The fraction of sp³-hybridized carbons (Fsp3) is 0.300. The molecule has 0 saturated carbocycles. The summed E-state index contributed by atoms with van der Waals surface area (Å²) in [6.07, 6.45) is 0. The zero-order valence-corrected chi connectivity index (χ0v) is 9.75. The van der Waals surface area contributed by atoms with Crippen molar-refractivity contribution in [3.8, 4) is 0 Å². The van der Waals surface area contributed by atoms with Gasteiger partial charge in [0.15, 0.2) is 0 Å². The molecule has 0 aliphatic heterocycles. The van der Waals surface area contributed by atoms with Gasteiger partial charge in [0.2, 0.25) is 4.77 Å². The van der Waals surface area contributed by atoms with Gasteiger partial charge in [-0.15, -0.1) is 0 Å². The Morgan fingerprint density at radius 2 is 2.25 bits per heavy atom. The molecule has 1 aromatic carbocycles. The van der Waals surface area contributed by atoms with Crippen molar-refractivity contribution in [1.29, 1.82) is 0 Å². The number of hydrogen-bond acceptors (Lipinski definition) is 3. The molecule has 0 bridgehead atoms. The number of aromatic nitrogens is 4. The van der Waals surface area contributed by atoms with E-state index in [4.69, 9.17) is 12.2 Å². The lowest BCUT2D eigenvalue weighted by atomic mass is 10.1. The Morgan fingerprint density at radius 1 is 1.50 bits per heavy atom. The van der Waals surface area contributed by atoms with E-state index in [1.54, 1.807) is 17.7 Å². The van der Waals surface area contributed by atoms with Gasteiger partial charge in [-0.2, -0.15) is 5.21 Å². The maximum absolute atomic E-state index is 13.4. The molecule has 16 heavy (non-hydrogen) atoms. The molecule has 1 atom stereocenters. The summed E-state index contributed by atoms with van der Waals surface area (Å²) in [5.41, 5.74) is 1.45. The van der Waals surface area contributed by atoms with E-state index in [9.17, 15) is 4.39 Å². The van der Waals surface area contributed by atoms with Crippen molar-refractivity contribution in [1.82, 2.24) is 20.2 Å². The van der Waals surface area contributed by atoms with Gasteiger partial charge in [0, 0.05) is 0 Å². The molecule has 0 spiro atoms. The van der Waals surface area contributed by atoms with Gasteiger partial charge in [-0.3, -0.25) is 0 Å². The molecule has 2 rings (SSSR count). The van der Waals surface area contributed by atoms with E-state index >= 15 is 0 Å². The van der Waals surface area contributed by atoms with E-state index < -0.39 is 0 Å². The van der Waals surface area contributed by atoms with Gasteiger partial charge in [-0.25, -0.2) is 9.07 Å². The van der Waals surface area contributed by atoms with Crippen molar-refractivity contribution in [2.24, 2.45) is 0 Å². The average Bonchev–Trinajstić information content (AvgIpc) is 2.67. The van der Waals surface area contributed by atoms with E-state index in [1.807, 2.05) is 13.0 Å². The number of aromatic amines is 1. The van der Waals surface area contributed by atoms with Crippen LogP contribution < -0.4 is 0 Å². The Morgan fingerprint density at radius 3 is 2.81 bits per heavy atom. The maximum atomic E-state index is 13.4. The molecule has 1 unspecified atom stereocenters. The molecule has 0 aliphatic rings. The van der Waals surface area contributed by atoms with E-state index in [0.717, 1.165) is 5.56 Å². The summed E-state index contributed by atoms with van der Waals surface area (Å²) >= 11 is 4.98. The summed E-state index contributed by atoms with van der Waals surface area (Å²) in [6.45, 7) is 3.63. The molecule has 2 aromatic rings. The second kappa shape index (κ2) is 4.13. The lowest BCUT2D eigenvalue weighted by Crippen LogP contribution is -2.09. The molecule has 1 N–H and O–H groups in total. The number of hydrogen-bond donors (Lipinski definition) is 1. The van der Waals surface area contributed by atoms with Crippen LogP contribution in [0, 0.1) is 17.5 Å². The zero-order chi connectivity index (χ0) is 11.7. The third-order valence-corrected chi connectivity index (χ3v) is 2.84. The molecule has 0 aliphatic carbocycles. The largest absolute Gasteiger partial charge is 0.238 e. The second-order valence-corrected chi connectivity index (χ2v) is 4.00. The van der Waals surface area contributed by atoms with Crippen LogP contribution in [-0.4, -0.2) is 20.2 Å². The quantitative estimate of drug-likeness (QED) is 0.817. The number of nitrogens with one attached hydrogen (secondary N) is 1. The lowest BCUT2D eigenvalue weighted by molar-refractivity contribution is 0.531. The Bertz CT molecular complexity index is 560. The van der Waals surface area contributed by atoms with E-state index in [0.29, 0.717) is 10.3 Å². The first-order valence-electron chi connectivity index (χ1n) is 4.85. The molecule has 6 heteroatoms. The highest BCUT2D eigenvalue weighted by Gasteiger charge is 2.11. The van der Waals surface area contributed by atoms with Crippen molar-refractivity contribution >= 4 is 12.2 Å². The van der Waals surface area contributed by atoms with Crippen LogP contribution >= 0.6 is 12.2 Å². The Kier molecular flexibility index (Phi) is 2.82. The number of rotatable bonds is 2. The summed E-state index contributed by atoms with van der Waals surface area (Å²) in [7, 11) is 0.